The number of halogens is 4. The van der Waals surface area contributed by atoms with Crippen molar-refractivity contribution >= 4 is 17.0 Å². The average molecular weight is 425 g/mol. The molecule has 1 saturated heterocycles. The van der Waals surface area contributed by atoms with Gasteiger partial charge in [0.2, 0.25) is 0 Å². The predicted molar refractivity (Wildman–Crippen MR) is 99.2 cm³/mol. The molecule has 1 aliphatic rings. The van der Waals surface area contributed by atoms with E-state index >= 15 is 0 Å². The van der Waals surface area contributed by atoms with Crippen molar-refractivity contribution in [1.29, 1.82) is 0 Å². The number of fused-ring (bicyclic) bond motifs is 1. The number of benzene rings is 1. The van der Waals surface area contributed by atoms with E-state index in [0.29, 0.717) is 23.3 Å². The van der Waals surface area contributed by atoms with E-state index in [1.165, 1.54) is 24.3 Å². The molecule has 7 nitrogen and oxygen atoms in total. The van der Waals surface area contributed by atoms with Crippen LogP contribution in [0, 0.1) is 6.08 Å². The van der Waals surface area contributed by atoms with E-state index < -0.39 is 12.4 Å². The fraction of sp³-hybridized carbons (Fsp3) is 0.421. The zero-order chi connectivity index (χ0) is 21.1. The summed E-state index contributed by atoms with van der Waals surface area (Å²) in [5, 5.41) is 2.97. The molecule has 4 rings (SSSR count). The Kier molecular flexibility index (Phi) is 5.71. The maximum atomic E-state index is 14.1. The standard InChI is InChI=1S/C19H19F4N5O2/c20-18-26-16(24-10-12-5-7-13(8-6-12)30-19(21,22)23)15-17(27-18)28(11-25-15)14-4-2-1-3-9-29-14/h5-8,11,14H,1-4,9-10H2,(H,24,26,27). The quantitative estimate of drug-likeness (QED) is 0.477. The van der Waals surface area contributed by atoms with Crippen LogP contribution in [0.25, 0.3) is 11.2 Å². The molecule has 2 aromatic heterocycles. The van der Waals surface area contributed by atoms with Crippen molar-refractivity contribution in [1.82, 2.24) is 19.5 Å². The molecule has 1 unspecified atom stereocenters. The molecular weight excluding hydrogens is 406 g/mol. The summed E-state index contributed by atoms with van der Waals surface area (Å²) in [6, 6.07) is 5.36. The molecule has 1 N–H and O–H groups in total. The van der Waals surface area contributed by atoms with Crippen molar-refractivity contribution in [3.8, 4) is 5.75 Å². The monoisotopic (exact) mass is 425 g/mol. The Bertz CT molecular complexity index is 999. The number of hydrogen-bond donors (Lipinski definition) is 1. The Morgan fingerprint density at radius 2 is 1.93 bits per heavy atom. The molecular formula is C19H19F4N5O2. The Hall–Kier alpha value is -2.95. The van der Waals surface area contributed by atoms with Crippen molar-refractivity contribution in [2.45, 2.75) is 44.8 Å². The lowest BCUT2D eigenvalue weighted by molar-refractivity contribution is -0.274. The first-order chi connectivity index (χ1) is 14.4. The second-order valence-electron chi connectivity index (χ2n) is 6.89. The minimum Gasteiger partial charge on any atom is -0.406 e. The van der Waals surface area contributed by atoms with Gasteiger partial charge in [-0.15, -0.1) is 13.2 Å². The molecule has 3 heterocycles. The highest BCUT2D eigenvalue weighted by atomic mass is 19.4. The molecule has 30 heavy (non-hydrogen) atoms. The predicted octanol–water partition coefficient (Wildman–Crippen LogP) is 4.57. The molecule has 3 aromatic rings. The highest BCUT2D eigenvalue weighted by Crippen LogP contribution is 2.28. The topological polar surface area (TPSA) is 74.1 Å². The van der Waals surface area contributed by atoms with Gasteiger partial charge in [-0.2, -0.15) is 14.4 Å². The first-order valence-corrected chi connectivity index (χ1v) is 9.49. The Balaban J connectivity index is 1.51. The van der Waals surface area contributed by atoms with Gasteiger partial charge < -0.3 is 14.8 Å². The molecule has 1 atom stereocenters. The molecule has 0 amide bonds. The van der Waals surface area contributed by atoms with Crippen LogP contribution in [0.2, 0.25) is 0 Å². The molecule has 0 spiro atoms. The summed E-state index contributed by atoms with van der Waals surface area (Å²) in [5.74, 6) is -0.121. The molecule has 160 valence electrons. The fourth-order valence-corrected chi connectivity index (χ4v) is 3.34. The first-order valence-electron chi connectivity index (χ1n) is 9.49. The van der Waals surface area contributed by atoms with Crippen LogP contribution in [0.4, 0.5) is 23.4 Å². The van der Waals surface area contributed by atoms with E-state index in [2.05, 4.69) is 25.0 Å². The number of alkyl halides is 3. The van der Waals surface area contributed by atoms with Crippen molar-refractivity contribution in [2.24, 2.45) is 0 Å². The third-order valence-corrected chi connectivity index (χ3v) is 4.73. The van der Waals surface area contributed by atoms with Crippen LogP contribution in [0.3, 0.4) is 0 Å². The zero-order valence-corrected chi connectivity index (χ0v) is 15.8. The van der Waals surface area contributed by atoms with Crippen molar-refractivity contribution < 1.29 is 27.0 Å². The SMILES string of the molecule is Fc1nc(NCc2ccc(OC(F)(F)F)cc2)c2ncn(C3CCCCCO3)c2n1. The largest absolute Gasteiger partial charge is 0.573 e. The van der Waals surface area contributed by atoms with Gasteiger partial charge in [-0.1, -0.05) is 18.6 Å². The van der Waals surface area contributed by atoms with Crippen LogP contribution in [-0.2, 0) is 11.3 Å². The molecule has 1 aromatic carbocycles. The number of aromatic nitrogens is 4. The number of imidazole rings is 1. The second kappa shape index (κ2) is 8.42. The van der Waals surface area contributed by atoms with Crippen LogP contribution < -0.4 is 10.1 Å². The van der Waals surface area contributed by atoms with Crippen LogP contribution >= 0.6 is 0 Å². The summed E-state index contributed by atoms with van der Waals surface area (Å²) in [4.78, 5) is 12.0. The Morgan fingerprint density at radius 1 is 1.13 bits per heavy atom. The van der Waals surface area contributed by atoms with Gasteiger partial charge in [0, 0.05) is 13.2 Å². The number of rotatable bonds is 5. The van der Waals surface area contributed by atoms with Gasteiger partial charge in [0.25, 0.3) is 0 Å². The molecule has 0 bridgehead atoms. The van der Waals surface area contributed by atoms with E-state index in [1.807, 2.05) is 0 Å². The van der Waals surface area contributed by atoms with E-state index in [-0.39, 0.29) is 24.3 Å². The summed E-state index contributed by atoms with van der Waals surface area (Å²) in [6.45, 7) is 0.821. The highest BCUT2D eigenvalue weighted by Gasteiger charge is 2.31. The average Bonchev–Trinajstić information content (AvgIpc) is 2.92. The van der Waals surface area contributed by atoms with Gasteiger partial charge in [-0.25, -0.2) is 4.98 Å². The normalized spacial score (nSPS) is 17.7. The highest BCUT2D eigenvalue weighted by molar-refractivity contribution is 5.82. The maximum absolute atomic E-state index is 14.1. The van der Waals surface area contributed by atoms with Gasteiger partial charge in [-0.3, -0.25) is 4.57 Å². The number of anilines is 1. The van der Waals surface area contributed by atoms with Crippen LogP contribution in [0.1, 0.15) is 37.5 Å². The minimum absolute atomic E-state index is 0.195. The van der Waals surface area contributed by atoms with Gasteiger partial charge in [0.1, 0.15) is 12.0 Å². The molecule has 0 aliphatic carbocycles. The Labute approximate surface area is 169 Å². The zero-order valence-electron chi connectivity index (χ0n) is 15.8. The molecule has 0 radical (unpaired) electrons. The van der Waals surface area contributed by atoms with E-state index in [0.717, 1.165) is 25.7 Å². The summed E-state index contributed by atoms with van der Waals surface area (Å²) in [6.07, 6.45) is -0.524. The number of nitrogens with one attached hydrogen (secondary N) is 1. The lowest BCUT2D eigenvalue weighted by Gasteiger charge is -2.17. The lowest BCUT2D eigenvalue weighted by Crippen LogP contribution is -2.17. The number of ether oxygens (including phenoxy) is 2. The molecule has 1 fully saturated rings. The number of nitrogens with zero attached hydrogens (tertiary/aromatic N) is 4. The maximum Gasteiger partial charge on any atom is 0.573 e. The first kappa shape index (κ1) is 20.3. The molecule has 1 aliphatic heterocycles. The molecule has 0 saturated carbocycles. The second-order valence-corrected chi connectivity index (χ2v) is 6.89. The van der Waals surface area contributed by atoms with E-state index in [4.69, 9.17) is 4.74 Å². The van der Waals surface area contributed by atoms with Crippen LogP contribution in [0.5, 0.6) is 5.75 Å². The minimum atomic E-state index is -4.75. The van der Waals surface area contributed by atoms with Gasteiger partial charge in [0.15, 0.2) is 17.0 Å². The van der Waals surface area contributed by atoms with Crippen molar-refractivity contribution in [2.75, 3.05) is 11.9 Å². The summed E-state index contributed by atoms with van der Waals surface area (Å²) < 4.78 is 62.2. The van der Waals surface area contributed by atoms with E-state index in [9.17, 15) is 17.6 Å². The van der Waals surface area contributed by atoms with Crippen molar-refractivity contribution in [3.63, 3.8) is 0 Å². The Morgan fingerprint density at radius 3 is 2.70 bits per heavy atom. The fourth-order valence-electron chi connectivity index (χ4n) is 3.34. The molecule has 11 heteroatoms. The summed E-state index contributed by atoms with van der Waals surface area (Å²) >= 11 is 0. The third kappa shape index (κ3) is 4.78. The smallest absolute Gasteiger partial charge is 0.406 e. The van der Waals surface area contributed by atoms with Crippen LogP contribution in [-0.4, -0.2) is 32.5 Å². The van der Waals surface area contributed by atoms with Gasteiger partial charge >= 0.3 is 12.4 Å². The summed E-state index contributed by atoms with van der Waals surface area (Å²) in [7, 11) is 0. The number of hydrogen-bond acceptors (Lipinski definition) is 6. The van der Waals surface area contributed by atoms with Crippen LogP contribution in [0.15, 0.2) is 30.6 Å². The van der Waals surface area contributed by atoms with Gasteiger partial charge in [0.05, 0.1) is 6.33 Å². The third-order valence-electron chi connectivity index (χ3n) is 4.73. The summed E-state index contributed by atoms with van der Waals surface area (Å²) in [5.41, 5.74) is 1.37. The lowest BCUT2D eigenvalue weighted by atomic mass is 10.2. The van der Waals surface area contributed by atoms with E-state index in [1.54, 1.807) is 10.9 Å². The van der Waals surface area contributed by atoms with Crippen molar-refractivity contribution in [3.05, 3.63) is 42.2 Å². The van der Waals surface area contributed by atoms with Gasteiger partial charge in [-0.05, 0) is 37.0 Å².